The van der Waals surface area contributed by atoms with Crippen molar-refractivity contribution in [2.75, 3.05) is 24.6 Å². The Labute approximate surface area is 210 Å². The van der Waals surface area contributed by atoms with Gasteiger partial charge in [-0.2, -0.15) is 10.4 Å². The number of pyridine rings is 3. The Balaban J connectivity index is 1.34. The van der Waals surface area contributed by atoms with Crippen molar-refractivity contribution in [3.63, 3.8) is 0 Å². The fourth-order valence-electron chi connectivity index (χ4n) is 4.95. The van der Waals surface area contributed by atoms with Crippen LogP contribution in [0.25, 0.3) is 16.6 Å². The van der Waals surface area contributed by atoms with E-state index in [1.807, 2.05) is 38.2 Å². The van der Waals surface area contributed by atoms with Crippen LogP contribution in [0.1, 0.15) is 43.6 Å². The highest BCUT2D eigenvalue weighted by Gasteiger charge is 2.32. The van der Waals surface area contributed by atoms with E-state index >= 15 is 0 Å². The molecule has 8 heteroatoms. The number of ether oxygens (including phenoxy) is 1. The Kier molecular flexibility index (Phi) is 6.31. The SMILES string of the molecule is CCOc1cc(-c2ccc(N3CCC(C)(Cc4nc(C)ccc4F)CC3)nc2)c2c(C#N)cnn2c1. The maximum absolute atomic E-state index is 14.3. The zero-order chi connectivity index (χ0) is 25.3. The van der Waals surface area contributed by atoms with Crippen molar-refractivity contribution in [1.29, 1.82) is 5.26 Å². The first-order chi connectivity index (χ1) is 17.4. The number of aromatic nitrogens is 4. The van der Waals surface area contributed by atoms with Crippen LogP contribution in [0.5, 0.6) is 5.75 Å². The van der Waals surface area contributed by atoms with Gasteiger partial charge in [0.2, 0.25) is 0 Å². The van der Waals surface area contributed by atoms with E-state index in [0.29, 0.717) is 30.0 Å². The molecular weight excluding hydrogens is 455 g/mol. The van der Waals surface area contributed by atoms with Gasteiger partial charge in [-0.05, 0) is 68.9 Å². The normalized spacial score (nSPS) is 15.1. The molecule has 1 aliphatic rings. The van der Waals surface area contributed by atoms with E-state index in [-0.39, 0.29) is 11.2 Å². The van der Waals surface area contributed by atoms with Crippen LogP contribution >= 0.6 is 0 Å². The van der Waals surface area contributed by atoms with E-state index in [9.17, 15) is 9.65 Å². The second kappa shape index (κ2) is 9.57. The number of nitriles is 1. The average Bonchev–Trinajstić information content (AvgIpc) is 3.30. The molecule has 0 atom stereocenters. The molecule has 0 amide bonds. The molecule has 5 heterocycles. The molecule has 1 saturated heterocycles. The molecule has 0 bridgehead atoms. The second-order valence-corrected chi connectivity index (χ2v) is 9.75. The Bertz CT molecular complexity index is 1430. The van der Waals surface area contributed by atoms with E-state index < -0.39 is 0 Å². The van der Waals surface area contributed by atoms with Gasteiger partial charge in [0.25, 0.3) is 0 Å². The minimum atomic E-state index is -0.221. The van der Waals surface area contributed by atoms with E-state index in [1.165, 1.54) is 6.07 Å². The molecule has 0 unspecified atom stereocenters. The molecule has 0 saturated carbocycles. The van der Waals surface area contributed by atoms with Gasteiger partial charge < -0.3 is 9.64 Å². The molecule has 5 rings (SSSR count). The smallest absolute Gasteiger partial charge is 0.144 e. The van der Waals surface area contributed by atoms with Gasteiger partial charge in [-0.15, -0.1) is 0 Å². The number of hydrogen-bond acceptors (Lipinski definition) is 6. The number of aryl methyl sites for hydroxylation is 1. The summed E-state index contributed by atoms with van der Waals surface area (Å²) in [6, 6.07) is 11.4. The summed E-state index contributed by atoms with van der Waals surface area (Å²) >= 11 is 0. The molecule has 0 aromatic carbocycles. The van der Waals surface area contributed by atoms with E-state index in [2.05, 4.69) is 28.0 Å². The zero-order valence-electron chi connectivity index (χ0n) is 20.8. The van der Waals surface area contributed by atoms with Gasteiger partial charge in [-0.1, -0.05) is 6.92 Å². The lowest BCUT2D eigenvalue weighted by atomic mass is 9.76. The molecule has 7 nitrogen and oxygen atoms in total. The Hall–Kier alpha value is -3.99. The number of piperidine rings is 1. The fourth-order valence-corrected chi connectivity index (χ4v) is 4.95. The molecule has 0 aliphatic carbocycles. The number of fused-ring (bicyclic) bond motifs is 1. The van der Waals surface area contributed by atoms with Crippen LogP contribution in [0, 0.1) is 29.5 Å². The highest BCUT2D eigenvalue weighted by molar-refractivity contribution is 5.85. The standard InChI is InChI=1S/C28H29FN6O/c1-4-36-22-13-23(27-21(15-30)17-32-35(27)18-22)20-6-8-26(31-16-20)34-11-9-28(3,10-12-34)14-25-24(29)7-5-19(2)33-25/h5-8,13,16-18H,4,9-12,14H2,1-3H3. The number of halogens is 1. The van der Waals surface area contributed by atoms with Gasteiger partial charge in [-0.25, -0.2) is 13.9 Å². The Morgan fingerprint density at radius 1 is 1.17 bits per heavy atom. The monoisotopic (exact) mass is 484 g/mol. The third kappa shape index (κ3) is 4.61. The predicted octanol–water partition coefficient (Wildman–Crippen LogP) is 5.36. The van der Waals surface area contributed by atoms with Crippen molar-refractivity contribution in [2.24, 2.45) is 5.41 Å². The van der Waals surface area contributed by atoms with Gasteiger partial charge >= 0.3 is 0 Å². The van der Waals surface area contributed by atoms with Gasteiger partial charge in [0, 0.05) is 36.1 Å². The van der Waals surface area contributed by atoms with Crippen molar-refractivity contribution < 1.29 is 9.13 Å². The summed E-state index contributed by atoms with van der Waals surface area (Å²) in [5.74, 6) is 1.37. The zero-order valence-corrected chi connectivity index (χ0v) is 20.8. The van der Waals surface area contributed by atoms with E-state index in [1.54, 1.807) is 23.0 Å². The summed E-state index contributed by atoms with van der Waals surface area (Å²) in [4.78, 5) is 11.5. The highest BCUT2D eigenvalue weighted by Crippen LogP contribution is 2.37. The molecule has 1 aliphatic heterocycles. The Morgan fingerprint density at radius 3 is 2.67 bits per heavy atom. The first-order valence-electron chi connectivity index (χ1n) is 12.3. The van der Waals surface area contributed by atoms with Crippen molar-refractivity contribution in [2.45, 2.75) is 40.0 Å². The summed E-state index contributed by atoms with van der Waals surface area (Å²) in [7, 11) is 0. The Morgan fingerprint density at radius 2 is 1.97 bits per heavy atom. The molecule has 184 valence electrons. The van der Waals surface area contributed by atoms with Crippen LogP contribution in [-0.4, -0.2) is 39.3 Å². The summed E-state index contributed by atoms with van der Waals surface area (Å²) in [6.45, 7) is 8.29. The van der Waals surface area contributed by atoms with Gasteiger partial charge in [0.1, 0.15) is 23.5 Å². The lowest BCUT2D eigenvalue weighted by molar-refractivity contribution is 0.240. The van der Waals surface area contributed by atoms with E-state index in [0.717, 1.165) is 54.1 Å². The van der Waals surface area contributed by atoms with Crippen LogP contribution in [0.15, 0.2) is 48.9 Å². The largest absolute Gasteiger partial charge is 0.492 e. The average molecular weight is 485 g/mol. The number of hydrogen-bond donors (Lipinski definition) is 0. The quantitative estimate of drug-likeness (QED) is 0.367. The molecule has 0 radical (unpaired) electrons. The lowest BCUT2D eigenvalue weighted by Gasteiger charge is -2.40. The van der Waals surface area contributed by atoms with Crippen molar-refractivity contribution in [3.8, 4) is 22.9 Å². The molecule has 0 N–H and O–H groups in total. The molecular formula is C28H29FN6O. The van der Waals surface area contributed by atoms with Crippen molar-refractivity contribution >= 4 is 11.3 Å². The minimum Gasteiger partial charge on any atom is -0.492 e. The minimum absolute atomic E-state index is 0.000894. The van der Waals surface area contributed by atoms with Crippen LogP contribution in [0.3, 0.4) is 0 Å². The third-order valence-corrected chi connectivity index (χ3v) is 7.02. The molecule has 4 aromatic rings. The molecule has 36 heavy (non-hydrogen) atoms. The maximum Gasteiger partial charge on any atom is 0.144 e. The predicted molar refractivity (Wildman–Crippen MR) is 136 cm³/mol. The van der Waals surface area contributed by atoms with Gasteiger partial charge in [-0.3, -0.25) is 4.98 Å². The van der Waals surface area contributed by atoms with Gasteiger partial charge in [0.15, 0.2) is 0 Å². The third-order valence-electron chi connectivity index (χ3n) is 7.02. The van der Waals surface area contributed by atoms with E-state index in [4.69, 9.17) is 9.72 Å². The molecule has 0 spiro atoms. The maximum atomic E-state index is 14.3. The second-order valence-electron chi connectivity index (χ2n) is 9.75. The van der Waals surface area contributed by atoms with Crippen LogP contribution in [-0.2, 0) is 6.42 Å². The fraction of sp³-hybridized carbons (Fsp3) is 0.357. The van der Waals surface area contributed by atoms with Gasteiger partial charge in [0.05, 0.1) is 35.8 Å². The summed E-state index contributed by atoms with van der Waals surface area (Å²) in [5, 5.41) is 13.9. The van der Waals surface area contributed by atoms with Crippen LogP contribution in [0.2, 0.25) is 0 Å². The summed E-state index contributed by atoms with van der Waals surface area (Å²) in [5.41, 5.74) is 4.40. The van der Waals surface area contributed by atoms with Crippen LogP contribution in [0.4, 0.5) is 10.2 Å². The van der Waals surface area contributed by atoms with Crippen molar-refractivity contribution in [1.82, 2.24) is 19.6 Å². The van der Waals surface area contributed by atoms with Crippen LogP contribution < -0.4 is 9.64 Å². The summed E-state index contributed by atoms with van der Waals surface area (Å²) < 4.78 is 21.7. The first-order valence-corrected chi connectivity index (χ1v) is 12.3. The summed E-state index contributed by atoms with van der Waals surface area (Å²) in [6.07, 6.45) is 7.70. The highest BCUT2D eigenvalue weighted by atomic mass is 19.1. The van der Waals surface area contributed by atoms with Crippen molar-refractivity contribution in [3.05, 3.63) is 71.7 Å². The molecule has 4 aromatic heterocycles. The lowest BCUT2D eigenvalue weighted by Crippen LogP contribution is -2.40. The topological polar surface area (TPSA) is 79.3 Å². The number of rotatable bonds is 6. The number of nitrogens with zero attached hydrogens (tertiary/aromatic N) is 6. The number of anilines is 1. The molecule has 1 fully saturated rings. The first kappa shape index (κ1) is 23.7.